The number of carbonyl (C=O) groups is 1. The van der Waals surface area contributed by atoms with E-state index in [1.54, 1.807) is 25.8 Å². The van der Waals surface area contributed by atoms with Crippen molar-refractivity contribution in [1.82, 2.24) is 14.5 Å². The summed E-state index contributed by atoms with van der Waals surface area (Å²) in [5.74, 6) is 2.59. The van der Waals surface area contributed by atoms with Gasteiger partial charge >= 0.3 is 0 Å². The molecular formula is C19H25N5O2. The minimum Gasteiger partial charge on any atom is -0.481 e. The van der Waals surface area contributed by atoms with E-state index in [9.17, 15) is 4.79 Å². The number of rotatable bonds is 8. The zero-order chi connectivity index (χ0) is 18.1. The number of imidazole rings is 1. The molecular weight excluding hydrogens is 330 g/mol. The molecule has 0 bridgehead atoms. The average molecular weight is 355 g/mol. The molecule has 2 heterocycles. The highest BCUT2D eigenvalue weighted by Gasteiger charge is 2.46. The number of anilines is 1. The summed E-state index contributed by atoms with van der Waals surface area (Å²) in [5.41, 5.74) is 7.24. The molecule has 2 aliphatic carbocycles. The maximum atomic E-state index is 12.6. The molecule has 1 amide bonds. The fraction of sp³-hybridized carbons (Fsp3) is 0.526. The summed E-state index contributed by atoms with van der Waals surface area (Å²) >= 11 is 0. The quantitative estimate of drug-likeness (QED) is 0.755. The van der Waals surface area contributed by atoms with Gasteiger partial charge in [0.25, 0.3) is 0 Å². The van der Waals surface area contributed by atoms with E-state index in [0.29, 0.717) is 36.0 Å². The van der Waals surface area contributed by atoms with E-state index in [2.05, 4.69) is 15.3 Å². The number of hydrogen-bond donors (Lipinski definition) is 2. The lowest BCUT2D eigenvalue weighted by Crippen LogP contribution is -2.43. The van der Waals surface area contributed by atoms with Crippen molar-refractivity contribution in [3.05, 3.63) is 36.4 Å². The number of nitrogens with zero attached hydrogens (tertiary/aromatic N) is 3. The second kappa shape index (κ2) is 7.07. The summed E-state index contributed by atoms with van der Waals surface area (Å²) in [6, 6.07) is 3.38. The molecule has 0 aliphatic heterocycles. The van der Waals surface area contributed by atoms with Gasteiger partial charge < -0.3 is 20.4 Å². The van der Waals surface area contributed by atoms with Crippen LogP contribution in [0.2, 0.25) is 0 Å². The monoisotopic (exact) mass is 355 g/mol. The van der Waals surface area contributed by atoms with E-state index in [4.69, 9.17) is 10.5 Å². The van der Waals surface area contributed by atoms with Gasteiger partial charge in [-0.05, 0) is 49.5 Å². The van der Waals surface area contributed by atoms with E-state index in [1.807, 2.05) is 16.7 Å². The van der Waals surface area contributed by atoms with Crippen LogP contribution in [-0.4, -0.2) is 33.6 Å². The van der Waals surface area contributed by atoms with E-state index in [0.717, 1.165) is 5.56 Å². The SMILES string of the molecule is COc1ncccc1Cn1cnc(NC(=O)C(N)C(C2CC2)C2CC2)c1. The lowest BCUT2D eigenvalue weighted by molar-refractivity contribution is -0.118. The standard InChI is InChI=1S/C19H25N5O2/c1-26-19-14(3-2-8-21-19)9-24-10-15(22-11-24)23-18(25)17(20)16(12-4-5-12)13-6-7-13/h2-3,8,10-13,16-17H,4-7,9,20H2,1H3,(H,23,25). The van der Waals surface area contributed by atoms with Gasteiger partial charge in [-0.3, -0.25) is 4.79 Å². The first-order chi connectivity index (χ1) is 12.7. The third kappa shape index (κ3) is 3.72. The molecule has 2 aliphatic rings. The summed E-state index contributed by atoms with van der Waals surface area (Å²) < 4.78 is 7.16. The zero-order valence-corrected chi connectivity index (χ0v) is 15.0. The van der Waals surface area contributed by atoms with Crippen LogP contribution in [0.1, 0.15) is 31.2 Å². The Balaban J connectivity index is 1.39. The van der Waals surface area contributed by atoms with Crippen LogP contribution < -0.4 is 15.8 Å². The Hall–Kier alpha value is -2.41. The average Bonchev–Trinajstić information content (AvgIpc) is 3.57. The highest BCUT2D eigenvalue weighted by molar-refractivity contribution is 5.94. The molecule has 3 N–H and O–H groups in total. The van der Waals surface area contributed by atoms with Crippen molar-refractivity contribution in [2.75, 3.05) is 12.4 Å². The van der Waals surface area contributed by atoms with Gasteiger partial charge in [0.1, 0.15) is 0 Å². The number of nitrogens with one attached hydrogen (secondary N) is 1. The van der Waals surface area contributed by atoms with Gasteiger partial charge in [0.05, 0.1) is 26.0 Å². The molecule has 0 aromatic carbocycles. The summed E-state index contributed by atoms with van der Waals surface area (Å²) in [7, 11) is 1.60. The van der Waals surface area contributed by atoms with Crippen LogP contribution in [0.15, 0.2) is 30.9 Å². The molecule has 4 rings (SSSR count). The fourth-order valence-electron chi connectivity index (χ4n) is 3.75. The molecule has 0 saturated heterocycles. The van der Waals surface area contributed by atoms with Crippen molar-refractivity contribution in [2.24, 2.45) is 23.5 Å². The van der Waals surface area contributed by atoms with Gasteiger partial charge in [-0.15, -0.1) is 0 Å². The van der Waals surface area contributed by atoms with E-state index < -0.39 is 6.04 Å². The molecule has 26 heavy (non-hydrogen) atoms. The number of pyridine rings is 1. The first-order valence-electron chi connectivity index (χ1n) is 9.22. The molecule has 1 atom stereocenters. The Labute approximate surface area is 153 Å². The minimum atomic E-state index is -0.446. The molecule has 2 saturated carbocycles. The lowest BCUT2D eigenvalue weighted by Gasteiger charge is -2.22. The molecule has 7 nitrogen and oxygen atoms in total. The second-order valence-electron chi connectivity index (χ2n) is 7.37. The second-order valence-corrected chi connectivity index (χ2v) is 7.37. The first-order valence-corrected chi connectivity index (χ1v) is 9.22. The predicted molar refractivity (Wildman–Crippen MR) is 97.7 cm³/mol. The number of nitrogens with two attached hydrogens (primary N) is 1. The smallest absolute Gasteiger partial charge is 0.242 e. The largest absolute Gasteiger partial charge is 0.481 e. The lowest BCUT2D eigenvalue weighted by atomic mass is 9.89. The molecule has 2 aromatic heterocycles. The van der Waals surface area contributed by atoms with Crippen molar-refractivity contribution in [3.63, 3.8) is 0 Å². The Kier molecular flexibility index (Phi) is 4.63. The van der Waals surface area contributed by atoms with Crippen LogP contribution in [0.3, 0.4) is 0 Å². The van der Waals surface area contributed by atoms with Crippen molar-refractivity contribution in [3.8, 4) is 5.88 Å². The predicted octanol–water partition coefficient (Wildman–Crippen LogP) is 2.04. The third-order valence-corrected chi connectivity index (χ3v) is 5.33. The van der Waals surface area contributed by atoms with Crippen LogP contribution in [0.5, 0.6) is 5.88 Å². The van der Waals surface area contributed by atoms with Crippen LogP contribution in [0, 0.1) is 17.8 Å². The summed E-state index contributed by atoms with van der Waals surface area (Å²) in [6.07, 6.45) is 10.0. The van der Waals surface area contributed by atoms with Crippen molar-refractivity contribution < 1.29 is 9.53 Å². The van der Waals surface area contributed by atoms with Crippen LogP contribution in [-0.2, 0) is 11.3 Å². The van der Waals surface area contributed by atoms with Gasteiger partial charge in [0.15, 0.2) is 5.82 Å². The maximum absolute atomic E-state index is 12.6. The normalized spacial score (nSPS) is 18.0. The molecule has 2 aromatic rings. The number of carbonyl (C=O) groups excluding carboxylic acids is 1. The summed E-state index contributed by atoms with van der Waals surface area (Å²) in [4.78, 5) is 21.0. The molecule has 1 unspecified atom stereocenters. The van der Waals surface area contributed by atoms with Crippen molar-refractivity contribution in [2.45, 2.75) is 38.3 Å². The topological polar surface area (TPSA) is 95.1 Å². The summed E-state index contributed by atoms with van der Waals surface area (Å²) in [6.45, 7) is 0.568. The molecule has 7 heteroatoms. The number of aromatic nitrogens is 3. The minimum absolute atomic E-state index is 0.127. The molecule has 0 radical (unpaired) electrons. The van der Waals surface area contributed by atoms with Crippen molar-refractivity contribution in [1.29, 1.82) is 0 Å². The number of ether oxygens (including phenoxy) is 1. The van der Waals surface area contributed by atoms with E-state index in [1.165, 1.54) is 25.7 Å². The number of amides is 1. The van der Waals surface area contributed by atoms with Crippen molar-refractivity contribution >= 4 is 11.7 Å². The van der Waals surface area contributed by atoms with Gasteiger partial charge in [-0.2, -0.15) is 0 Å². The Morgan fingerprint density at radius 2 is 2.08 bits per heavy atom. The maximum Gasteiger partial charge on any atom is 0.242 e. The van der Waals surface area contributed by atoms with Crippen LogP contribution >= 0.6 is 0 Å². The van der Waals surface area contributed by atoms with Crippen LogP contribution in [0.25, 0.3) is 0 Å². The fourth-order valence-corrected chi connectivity index (χ4v) is 3.75. The molecule has 0 spiro atoms. The number of methoxy groups -OCH3 is 1. The zero-order valence-electron chi connectivity index (χ0n) is 15.0. The summed E-state index contributed by atoms with van der Waals surface area (Å²) in [5, 5.41) is 2.88. The Morgan fingerprint density at radius 1 is 1.35 bits per heavy atom. The van der Waals surface area contributed by atoms with Gasteiger partial charge in [0.2, 0.25) is 11.8 Å². The van der Waals surface area contributed by atoms with Gasteiger partial charge in [0, 0.05) is 18.0 Å². The third-order valence-electron chi connectivity index (χ3n) is 5.33. The highest BCUT2D eigenvalue weighted by Crippen LogP contribution is 2.50. The van der Waals surface area contributed by atoms with Crippen LogP contribution in [0.4, 0.5) is 5.82 Å². The molecule has 138 valence electrons. The van der Waals surface area contributed by atoms with E-state index in [-0.39, 0.29) is 5.91 Å². The highest BCUT2D eigenvalue weighted by atomic mass is 16.5. The van der Waals surface area contributed by atoms with Gasteiger partial charge in [-0.1, -0.05) is 6.07 Å². The van der Waals surface area contributed by atoms with E-state index >= 15 is 0 Å². The molecule has 2 fully saturated rings. The Bertz CT molecular complexity index is 770. The van der Waals surface area contributed by atoms with Gasteiger partial charge in [-0.25, -0.2) is 9.97 Å². The first kappa shape index (κ1) is 17.0. The number of hydrogen-bond acceptors (Lipinski definition) is 5. The Morgan fingerprint density at radius 3 is 2.73 bits per heavy atom.